The van der Waals surface area contributed by atoms with Crippen molar-refractivity contribution in [1.82, 2.24) is 0 Å². The Labute approximate surface area is 246 Å². The van der Waals surface area contributed by atoms with E-state index in [9.17, 15) is 19.2 Å². The van der Waals surface area contributed by atoms with Gasteiger partial charge < -0.3 is 29.2 Å². The monoisotopic (exact) mass is 584 g/mol. The molecule has 0 atom stereocenters. The van der Waals surface area contributed by atoms with E-state index in [0.717, 1.165) is 63.5 Å². The van der Waals surface area contributed by atoms with E-state index >= 15 is 0 Å². The molecule has 0 fully saturated rings. The van der Waals surface area contributed by atoms with Crippen LogP contribution in [0.2, 0.25) is 0 Å². The zero-order chi connectivity index (χ0) is 31.0. The van der Waals surface area contributed by atoms with Crippen LogP contribution in [0.1, 0.15) is 72.1 Å². The van der Waals surface area contributed by atoms with E-state index in [0.29, 0.717) is 37.9 Å². The second kappa shape index (κ2) is 22.1. The molecule has 0 spiro atoms. The molecular formula is C32H40O10. The number of benzene rings is 2. The standard InChI is InChI=1S/2C16H20O5/c2*1-2-15(17)21-12-6-4-3-5-11-20-14-9-7-13(8-10-14)16(18)19/h2*2,7-10H,1,3-6,11-12H2,(H,18,19). The van der Waals surface area contributed by atoms with Crippen LogP contribution in [0.15, 0.2) is 73.8 Å². The minimum atomic E-state index is -0.946. The molecule has 2 aromatic rings. The Morgan fingerprint density at radius 3 is 1.12 bits per heavy atom. The minimum absolute atomic E-state index is 0.247. The topological polar surface area (TPSA) is 146 Å². The van der Waals surface area contributed by atoms with Gasteiger partial charge in [0.15, 0.2) is 0 Å². The van der Waals surface area contributed by atoms with Gasteiger partial charge >= 0.3 is 23.9 Å². The summed E-state index contributed by atoms with van der Waals surface area (Å²) < 4.78 is 20.7. The average Bonchev–Trinajstić information content (AvgIpc) is 3.00. The van der Waals surface area contributed by atoms with Gasteiger partial charge in [0.05, 0.1) is 37.6 Å². The number of hydrogen-bond acceptors (Lipinski definition) is 8. The Morgan fingerprint density at radius 2 is 0.833 bits per heavy atom. The molecule has 0 bridgehead atoms. The largest absolute Gasteiger partial charge is 0.494 e. The molecule has 10 heteroatoms. The molecule has 0 amide bonds. The van der Waals surface area contributed by atoms with Crippen LogP contribution in [0.4, 0.5) is 0 Å². The molecule has 0 aliphatic rings. The molecule has 2 aromatic carbocycles. The molecule has 0 radical (unpaired) electrons. The molecule has 0 saturated carbocycles. The number of carboxylic acid groups (broad SMARTS) is 2. The lowest BCUT2D eigenvalue weighted by molar-refractivity contribution is -0.138. The Balaban J connectivity index is 0.000000420. The van der Waals surface area contributed by atoms with Crippen LogP contribution in [0.25, 0.3) is 0 Å². The molecule has 0 aliphatic carbocycles. The fraction of sp³-hybridized carbons (Fsp3) is 0.375. The van der Waals surface area contributed by atoms with E-state index in [4.69, 9.17) is 29.2 Å². The van der Waals surface area contributed by atoms with Gasteiger partial charge in [0.2, 0.25) is 0 Å². The summed E-state index contributed by atoms with van der Waals surface area (Å²) in [6, 6.07) is 12.7. The summed E-state index contributed by atoms with van der Waals surface area (Å²) in [5, 5.41) is 17.5. The average molecular weight is 585 g/mol. The summed E-state index contributed by atoms with van der Waals surface area (Å²) in [7, 11) is 0. The number of ether oxygens (including phenoxy) is 4. The third-order valence-corrected chi connectivity index (χ3v) is 5.64. The second-order valence-corrected chi connectivity index (χ2v) is 8.93. The molecular weight excluding hydrogens is 544 g/mol. The van der Waals surface area contributed by atoms with Crippen molar-refractivity contribution in [2.75, 3.05) is 26.4 Å². The van der Waals surface area contributed by atoms with Crippen LogP contribution >= 0.6 is 0 Å². The highest BCUT2D eigenvalue weighted by Crippen LogP contribution is 2.14. The minimum Gasteiger partial charge on any atom is -0.494 e. The van der Waals surface area contributed by atoms with Gasteiger partial charge in [0.1, 0.15) is 11.5 Å². The number of rotatable bonds is 20. The molecule has 10 nitrogen and oxygen atoms in total. The van der Waals surface area contributed by atoms with Crippen LogP contribution in [0.3, 0.4) is 0 Å². The van der Waals surface area contributed by atoms with Gasteiger partial charge in [0, 0.05) is 12.2 Å². The van der Waals surface area contributed by atoms with Crippen LogP contribution < -0.4 is 9.47 Å². The first-order valence-electron chi connectivity index (χ1n) is 13.8. The maximum Gasteiger partial charge on any atom is 0.335 e. The first-order valence-corrected chi connectivity index (χ1v) is 13.8. The highest BCUT2D eigenvalue weighted by Gasteiger charge is 2.03. The Hall–Kier alpha value is -4.60. The van der Waals surface area contributed by atoms with E-state index in [-0.39, 0.29) is 23.1 Å². The van der Waals surface area contributed by atoms with Crippen LogP contribution in [-0.2, 0) is 19.1 Å². The summed E-state index contributed by atoms with van der Waals surface area (Å²) in [5.74, 6) is -1.33. The Morgan fingerprint density at radius 1 is 0.524 bits per heavy atom. The summed E-state index contributed by atoms with van der Waals surface area (Å²) in [5.41, 5.74) is 0.493. The van der Waals surface area contributed by atoms with Gasteiger partial charge in [-0.3, -0.25) is 0 Å². The van der Waals surface area contributed by atoms with E-state index in [1.165, 1.54) is 24.3 Å². The van der Waals surface area contributed by atoms with E-state index in [1.807, 2.05) is 0 Å². The van der Waals surface area contributed by atoms with Crippen molar-refractivity contribution >= 4 is 23.9 Å². The number of carboxylic acids is 2. The highest BCUT2D eigenvalue weighted by molar-refractivity contribution is 5.88. The van der Waals surface area contributed by atoms with Gasteiger partial charge in [0.25, 0.3) is 0 Å². The summed E-state index contributed by atoms with van der Waals surface area (Å²) in [6.45, 7) is 8.64. The third-order valence-electron chi connectivity index (χ3n) is 5.64. The van der Waals surface area contributed by atoms with Crippen molar-refractivity contribution in [3.63, 3.8) is 0 Å². The molecule has 0 aliphatic heterocycles. The van der Waals surface area contributed by atoms with Crippen molar-refractivity contribution in [3.8, 4) is 11.5 Å². The van der Waals surface area contributed by atoms with Crippen molar-refractivity contribution in [3.05, 3.63) is 85.0 Å². The quantitative estimate of drug-likeness (QED) is 0.106. The third kappa shape index (κ3) is 17.2. The number of esters is 2. The smallest absolute Gasteiger partial charge is 0.335 e. The SMILES string of the molecule is C=CC(=O)OCCCCCCOc1ccc(C(=O)O)cc1.C=CC(=O)OCCCCCCOc1ccc(C(=O)O)cc1. The molecule has 0 unspecified atom stereocenters. The maximum atomic E-state index is 10.8. The van der Waals surface area contributed by atoms with Gasteiger partial charge in [-0.25, -0.2) is 19.2 Å². The van der Waals surface area contributed by atoms with Gasteiger partial charge in [-0.1, -0.05) is 13.2 Å². The predicted molar refractivity (Wildman–Crippen MR) is 157 cm³/mol. The predicted octanol–water partition coefficient (Wildman–Crippen LogP) is 6.11. The van der Waals surface area contributed by atoms with Crippen molar-refractivity contribution in [2.45, 2.75) is 51.4 Å². The van der Waals surface area contributed by atoms with E-state index in [1.54, 1.807) is 24.3 Å². The Bertz CT molecular complexity index is 1020. The highest BCUT2D eigenvalue weighted by atomic mass is 16.5. The second-order valence-electron chi connectivity index (χ2n) is 8.93. The zero-order valence-electron chi connectivity index (χ0n) is 23.8. The normalized spacial score (nSPS) is 9.90. The lowest BCUT2D eigenvalue weighted by Gasteiger charge is -2.06. The number of carbonyl (C=O) groups excluding carboxylic acids is 2. The number of carbonyl (C=O) groups is 4. The molecule has 228 valence electrons. The molecule has 2 N–H and O–H groups in total. The molecule has 0 aromatic heterocycles. The van der Waals surface area contributed by atoms with Crippen molar-refractivity contribution < 1.29 is 48.3 Å². The molecule has 2 rings (SSSR count). The molecule has 0 heterocycles. The zero-order valence-corrected chi connectivity index (χ0v) is 23.8. The van der Waals surface area contributed by atoms with Gasteiger partial charge in [-0.2, -0.15) is 0 Å². The van der Waals surface area contributed by atoms with Gasteiger partial charge in [-0.15, -0.1) is 0 Å². The summed E-state index contributed by atoms with van der Waals surface area (Å²) in [4.78, 5) is 42.9. The summed E-state index contributed by atoms with van der Waals surface area (Å²) in [6.07, 6.45) is 9.66. The summed E-state index contributed by atoms with van der Waals surface area (Å²) >= 11 is 0. The van der Waals surface area contributed by atoms with Crippen LogP contribution in [0.5, 0.6) is 11.5 Å². The fourth-order valence-electron chi connectivity index (χ4n) is 3.35. The number of unbranched alkanes of at least 4 members (excludes halogenated alkanes) is 6. The van der Waals surface area contributed by atoms with E-state index < -0.39 is 11.9 Å². The fourth-order valence-corrected chi connectivity index (χ4v) is 3.35. The maximum absolute atomic E-state index is 10.8. The van der Waals surface area contributed by atoms with Gasteiger partial charge in [-0.05, 0) is 99.9 Å². The van der Waals surface area contributed by atoms with E-state index in [2.05, 4.69) is 13.2 Å². The number of hydrogen-bond donors (Lipinski definition) is 2. The molecule has 42 heavy (non-hydrogen) atoms. The Kier molecular flexibility index (Phi) is 18.7. The van der Waals surface area contributed by atoms with Crippen LogP contribution in [-0.4, -0.2) is 60.5 Å². The number of aromatic carboxylic acids is 2. The first-order chi connectivity index (χ1) is 20.3. The first kappa shape index (κ1) is 35.4. The molecule has 0 saturated heterocycles. The van der Waals surface area contributed by atoms with Crippen molar-refractivity contribution in [2.24, 2.45) is 0 Å². The lowest BCUT2D eigenvalue weighted by Crippen LogP contribution is -2.02. The lowest BCUT2D eigenvalue weighted by atomic mass is 10.2. The van der Waals surface area contributed by atoms with Crippen LogP contribution in [0, 0.1) is 0 Å². The van der Waals surface area contributed by atoms with Crippen molar-refractivity contribution in [1.29, 1.82) is 0 Å².